The van der Waals surface area contributed by atoms with Crippen molar-refractivity contribution in [1.82, 2.24) is 15.1 Å². The summed E-state index contributed by atoms with van der Waals surface area (Å²) in [5, 5.41) is 53.6. The zero-order chi connectivity index (χ0) is 43.9. The van der Waals surface area contributed by atoms with Crippen LogP contribution in [-0.2, 0) is 28.7 Å². The fourth-order valence-corrected chi connectivity index (χ4v) is 14.6. The summed E-state index contributed by atoms with van der Waals surface area (Å²) in [4.78, 5) is 63.5. The SMILES string of the molecule is CC1CCC2C(C)(C)C2(O[C@@H](CCC(=O)N[C@H]2CC[C@@]3(C)[C@H](CC[C@@H]4[C@@H]3C[C@H](O)[C@]3(C)[C@@H]([C@H](C)CCC(=O)O)CC[C@@H]43)C2)N(CCN(CC(=O)O)CC(=O)O)CC(=O)O)C1. The van der Waals surface area contributed by atoms with Gasteiger partial charge in [-0.15, -0.1) is 0 Å². The van der Waals surface area contributed by atoms with Crippen molar-refractivity contribution in [3.8, 4) is 0 Å². The number of hydrogen-bond donors (Lipinski definition) is 6. The minimum absolute atomic E-state index is 0.00174. The quantitative estimate of drug-likeness (QED) is 0.0801. The van der Waals surface area contributed by atoms with Crippen LogP contribution in [0.15, 0.2) is 0 Å². The first-order valence-corrected chi connectivity index (χ1v) is 23.1. The molecule has 6 rings (SSSR count). The van der Waals surface area contributed by atoms with Crippen molar-refractivity contribution < 1.29 is 54.2 Å². The molecule has 0 saturated heterocycles. The molecule has 340 valence electrons. The number of ether oxygens (including phenoxy) is 1. The number of carboxylic acids is 4. The van der Waals surface area contributed by atoms with Crippen molar-refractivity contribution in [3.63, 3.8) is 0 Å². The number of nitrogens with one attached hydrogen (secondary N) is 1. The van der Waals surface area contributed by atoms with Crippen LogP contribution in [0.1, 0.15) is 138 Å². The highest BCUT2D eigenvalue weighted by molar-refractivity contribution is 5.76. The van der Waals surface area contributed by atoms with E-state index in [-0.39, 0.29) is 66.5 Å². The number of aliphatic carboxylic acids is 4. The zero-order valence-corrected chi connectivity index (χ0v) is 37.1. The number of fused-ring (bicyclic) bond motifs is 6. The maximum absolute atomic E-state index is 13.9. The second-order valence-corrected chi connectivity index (χ2v) is 21.4. The molecule has 14 atom stereocenters. The summed E-state index contributed by atoms with van der Waals surface area (Å²) in [6.45, 7) is 12.1. The molecule has 0 aromatic rings. The lowest BCUT2D eigenvalue weighted by Gasteiger charge is -2.62. The fourth-order valence-electron chi connectivity index (χ4n) is 14.6. The number of carbonyl (C=O) groups is 5. The molecule has 1 amide bonds. The molecular weight excluding hydrogens is 771 g/mol. The van der Waals surface area contributed by atoms with Crippen molar-refractivity contribution in [2.75, 3.05) is 32.7 Å². The standard InChI is InChI=1S/C46H75N3O11/c1-27-7-13-35-43(3,4)46(35,23-27)60-38(49(26-42(58)59)20-19-48(24-40(54)55)25-41(56)57)15-14-37(51)47-30-17-18-44(5)29(21-30)9-10-31-33-12-11-32(28(2)8-16-39(52)53)45(33,6)36(50)22-34(31)44/h27-36,38,50H,7-26H2,1-6H3,(H,47,51)(H,52,53)(H,54,55)(H,56,57)(H,58,59)/t27?,28-,29-,30+,31+,32-,33+,34+,35?,36+,38+,44+,45-,46?/m1/s1. The van der Waals surface area contributed by atoms with Crippen molar-refractivity contribution in [1.29, 1.82) is 0 Å². The molecule has 6 saturated carbocycles. The number of hydrogen-bond acceptors (Lipinski definition) is 9. The van der Waals surface area contributed by atoms with Gasteiger partial charge in [-0.2, -0.15) is 0 Å². The van der Waals surface area contributed by atoms with Crippen LogP contribution in [0.2, 0.25) is 0 Å². The molecular formula is C46H75N3O11. The summed E-state index contributed by atoms with van der Waals surface area (Å²) in [6.07, 6.45) is 10.7. The Morgan fingerprint density at radius 3 is 2.10 bits per heavy atom. The van der Waals surface area contributed by atoms with E-state index in [1.54, 1.807) is 4.90 Å². The molecule has 3 unspecified atom stereocenters. The first-order valence-electron chi connectivity index (χ1n) is 23.1. The first-order chi connectivity index (χ1) is 28.1. The average Bonchev–Trinajstić information content (AvgIpc) is 3.39. The number of nitrogens with zero attached hydrogens (tertiary/aromatic N) is 2. The molecule has 6 fully saturated rings. The molecule has 0 aromatic heterocycles. The zero-order valence-electron chi connectivity index (χ0n) is 37.1. The van der Waals surface area contributed by atoms with E-state index >= 15 is 0 Å². The van der Waals surface area contributed by atoms with E-state index in [0.29, 0.717) is 47.8 Å². The molecule has 6 aliphatic rings. The number of rotatable bonds is 20. The van der Waals surface area contributed by atoms with Crippen LogP contribution in [0.3, 0.4) is 0 Å². The van der Waals surface area contributed by atoms with E-state index in [4.69, 9.17) is 4.74 Å². The highest BCUT2D eigenvalue weighted by atomic mass is 16.5. The Morgan fingerprint density at radius 2 is 1.45 bits per heavy atom. The molecule has 0 bridgehead atoms. The summed E-state index contributed by atoms with van der Waals surface area (Å²) >= 11 is 0. The second kappa shape index (κ2) is 18.1. The number of aliphatic hydroxyl groups is 1. The van der Waals surface area contributed by atoms with Gasteiger partial charge in [0.1, 0.15) is 6.23 Å². The Balaban J connectivity index is 1.11. The van der Waals surface area contributed by atoms with Crippen LogP contribution >= 0.6 is 0 Å². The van der Waals surface area contributed by atoms with Gasteiger partial charge < -0.3 is 35.6 Å². The van der Waals surface area contributed by atoms with E-state index in [0.717, 1.165) is 70.6 Å². The Labute approximate surface area is 356 Å². The predicted octanol–water partition coefficient (Wildman–Crippen LogP) is 5.80. The van der Waals surface area contributed by atoms with Crippen LogP contribution in [0, 0.1) is 63.6 Å². The van der Waals surface area contributed by atoms with E-state index in [2.05, 4.69) is 46.9 Å². The Bertz CT molecular complexity index is 1590. The third kappa shape index (κ3) is 9.27. The van der Waals surface area contributed by atoms with Crippen LogP contribution in [-0.4, -0.2) is 122 Å². The third-order valence-corrected chi connectivity index (χ3v) is 17.9. The Morgan fingerprint density at radius 1 is 0.767 bits per heavy atom. The van der Waals surface area contributed by atoms with E-state index in [9.17, 15) is 49.5 Å². The summed E-state index contributed by atoms with van der Waals surface area (Å²) in [6, 6.07) is 0.0106. The lowest BCUT2D eigenvalue weighted by molar-refractivity contribution is -0.170. The van der Waals surface area contributed by atoms with Gasteiger partial charge >= 0.3 is 23.9 Å². The molecule has 6 N–H and O–H groups in total. The van der Waals surface area contributed by atoms with Gasteiger partial charge in [0.05, 0.1) is 31.3 Å². The number of amides is 1. The lowest BCUT2D eigenvalue weighted by atomic mass is 9.43. The fraction of sp³-hybridized carbons (Fsp3) is 0.891. The van der Waals surface area contributed by atoms with Crippen LogP contribution in [0.4, 0.5) is 0 Å². The summed E-state index contributed by atoms with van der Waals surface area (Å²) in [7, 11) is 0. The maximum atomic E-state index is 13.9. The largest absolute Gasteiger partial charge is 0.481 e. The van der Waals surface area contributed by atoms with E-state index in [1.165, 1.54) is 4.90 Å². The monoisotopic (exact) mass is 846 g/mol. The smallest absolute Gasteiger partial charge is 0.317 e. The molecule has 0 heterocycles. The topological polar surface area (TPSA) is 214 Å². The van der Waals surface area contributed by atoms with Crippen LogP contribution < -0.4 is 5.32 Å². The van der Waals surface area contributed by atoms with Gasteiger partial charge in [-0.05, 0) is 141 Å². The minimum atomic E-state index is -1.18. The van der Waals surface area contributed by atoms with E-state index in [1.807, 2.05) is 0 Å². The average molecular weight is 846 g/mol. The molecule has 6 aliphatic carbocycles. The van der Waals surface area contributed by atoms with Crippen molar-refractivity contribution >= 4 is 29.8 Å². The predicted molar refractivity (Wildman–Crippen MR) is 223 cm³/mol. The number of carbonyl (C=O) groups excluding carboxylic acids is 1. The molecule has 0 spiro atoms. The molecule has 14 heteroatoms. The van der Waals surface area contributed by atoms with Gasteiger partial charge in [-0.3, -0.25) is 33.8 Å². The van der Waals surface area contributed by atoms with Gasteiger partial charge in [0.2, 0.25) is 5.91 Å². The first kappa shape index (κ1) is 46.7. The molecule has 0 radical (unpaired) electrons. The Hall–Kier alpha value is -2.81. The van der Waals surface area contributed by atoms with Crippen molar-refractivity contribution in [2.45, 2.75) is 162 Å². The second-order valence-electron chi connectivity index (χ2n) is 21.4. The van der Waals surface area contributed by atoms with Crippen molar-refractivity contribution in [2.24, 2.45) is 63.6 Å². The van der Waals surface area contributed by atoms with Crippen LogP contribution in [0.5, 0.6) is 0 Å². The highest BCUT2D eigenvalue weighted by Crippen LogP contribution is 2.72. The maximum Gasteiger partial charge on any atom is 0.317 e. The molecule has 14 nitrogen and oxygen atoms in total. The third-order valence-electron chi connectivity index (χ3n) is 17.9. The normalized spacial score (nSPS) is 38.8. The molecule has 0 aliphatic heterocycles. The summed E-state index contributed by atoms with van der Waals surface area (Å²) in [5.41, 5.74) is -0.739. The van der Waals surface area contributed by atoms with Gasteiger partial charge in [-0.25, -0.2) is 0 Å². The lowest BCUT2D eigenvalue weighted by Crippen LogP contribution is -2.59. The number of carboxylic acid groups (broad SMARTS) is 4. The summed E-state index contributed by atoms with van der Waals surface area (Å²) < 4.78 is 7.04. The van der Waals surface area contributed by atoms with Gasteiger partial charge in [0.15, 0.2) is 0 Å². The Kier molecular flexibility index (Phi) is 14.1. The van der Waals surface area contributed by atoms with Gasteiger partial charge in [-0.1, -0.05) is 48.0 Å². The highest BCUT2D eigenvalue weighted by Gasteiger charge is 2.74. The summed E-state index contributed by atoms with van der Waals surface area (Å²) in [5.74, 6) is -1.23. The van der Waals surface area contributed by atoms with Crippen molar-refractivity contribution in [3.05, 3.63) is 0 Å². The van der Waals surface area contributed by atoms with Crippen LogP contribution in [0.25, 0.3) is 0 Å². The molecule has 0 aromatic carbocycles. The van der Waals surface area contributed by atoms with Gasteiger partial charge in [0, 0.05) is 32.0 Å². The van der Waals surface area contributed by atoms with Gasteiger partial charge in [0.25, 0.3) is 0 Å². The minimum Gasteiger partial charge on any atom is -0.481 e. The molecule has 60 heavy (non-hydrogen) atoms. The van der Waals surface area contributed by atoms with E-state index < -0.39 is 61.4 Å². The number of aliphatic hydroxyl groups excluding tert-OH is 1.